The van der Waals surface area contributed by atoms with Crippen LogP contribution in [-0.2, 0) is 0 Å². The van der Waals surface area contributed by atoms with Gasteiger partial charge in [0.2, 0.25) is 12.3 Å². The van der Waals surface area contributed by atoms with E-state index in [1.54, 1.807) is 0 Å². The molecule has 0 spiro atoms. The lowest BCUT2D eigenvalue weighted by Crippen LogP contribution is -2.21. The van der Waals surface area contributed by atoms with Gasteiger partial charge in [-0.15, -0.1) is 10.2 Å². The summed E-state index contributed by atoms with van der Waals surface area (Å²) in [5.74, 6) is 0.555. The molecule has 1 aromatic heterocycles. The van der Waals surface area contributed by atoms with Crippen LogP contribution in [0.1, 0.15) is 6.42 Å². The second-order valence-corrected chi connectivity index (χ2v) is 4.16. The van der Waals surface area contributed by atoms with Gasteiger partial charge in [0.1, 0.15) is 0 Å². The Balaban J connectivity index is 1.71. The predicted octanol–water partition coefficient (Wildman–Crippen LogP) is 1.51. The first kappa shape index (κ1) is 10.3. The van der Waals surface area contributed by atoms with Crippen LogP contribution in [0.25, 0.3) is 11.5 Å². The molecule has 1 saturated heterocycles. The summed E-state index contributed by atoms with van der Waals surface area (Å²) in [7, 11) is 0. The first-order valence-electron chi connectivity index (χ1n) is 5.76. The van der Waals surface area contributed by atoms with Crippen molar-refractivity contribution in [3.05, 3.63) is 30.7 Å². The van der Waals surface area contributed by atoms with Gasteiger partial charge in [0.15, 0.2) is 0 Å². The highest BCUT2D eigenvalue weighted by atomic mass is 16.4. The maximum absolute atomic E-state index is 5.14. The molecule has 17 heavy (non-hydrogen) atoms. The Morgan fingerprint density at radius 1 is 1.29 bits per heavy atom. The summed E-state index contributed by atoms with van der Waals surface area (Å²) in [6, 6.07) is 8.58. The summed E-state index contributed by atoms with van der Waals surface area (Å²) < 4.78 is 5.14. The highest BCUT2D eigenvalue weighted by molar-refractivity contribution is 5.58. The summed E-state index contributed by atoms with van der Waals surface area (Å²) in [4.78, 5) is 0. The molecule has 2 aromatic rings. The van der Waals surface area contributed by atoms with Crippen LogP contribution < -0.4 is 10.6 Å². The molecule has 0 amide bonds. The third-order valence-corrected chi connectivity index (χ3v) is 2.92. The highest BCUT2D eigenvalue weighted by Gasteiger charge is 2.13. The molecule has 5 nitrogen and oxygen atoms in total. The minimum atomic E-state index is 0.532. The van der Waals surface area contributed by atoms with Crippen LogP contribution in [0.4, 0.5) is 5.69 Å². The van der Waals surface area contributed by atoms with E-state index < -0.39 is 0 Å². The van der Waals surface area contributed by atoms with E-state index in [9.17, 15) is 0 Å². The Morgan fingerprint density at radius 2 is 2.18 bits per heavy atom. The molecule has 1 aliphatic rings. The number of aromatic nitrogens is 2. The fourth-order valence-corrected chi connectivity index (χ4v) is 2.02. The lowest BCUT2D eigenvalue weighted by Gasteiger charge is -2.12. The average Bonchev–Trinajstić information content (AvgIpc) is 3.01. The van der Waals surface area contributed by atoms with Crippen LogP contribution in [0, 0.1) is 0 Å². The number of anilines is 1. The second kappa shape index (κ2) is 4.55. The van der Waals surface area contributed by atoms with Crippen LogP contribution in [0.3, 0.4) is 0 Å². The lowest BCUT2D eigenvalue weighted by molar-refractivity contribution is 0.568. The minimum Gasteiger partial charge on any atom is -0.423 e. The van der Waals surface area contributed by atoms with Crippen molar-refractivity contribution in [1.82, 2.24) is 15.5 Å². The smallest absolute Gasteiger partial charge is 0.247 e. The third-order valence-electron chi connectivity index (χ3n) is 2.92. The van der Waals surface area contributed by atoms with Crippen molar-refractivity contribution in [3.63, 3.8) is 0 Å². The largest absolute Gasteiger partial charge is 0.423 e. The normalized spacial score (nSPS) is 19.4. The Kier molecular flexibility index (Phi) is 2.75. The Labute approximate surface area is 99.2 Å². The standard InChI is InChI=1S/C12H14N4O/c1-3-10(15-11-5-6-13-7-11)4-2-9(1)12-16-14-8-17-12/h1-4,8,11,13,15H,5-7H2. The van der Waals surface area contributed by atoms with Gasteiger partial charge in [-0.1, -0.05) is 0 Å². The quantitative estimate of drug-likeness (QED) is 0.836. The molecule has 0 bridgehead atoms. The summed E-state index contributed by atoms with van der Waals surface area (Å²) in [5.41, 5.74) is 2.07. The molecule has 5 heteroatoms. The Hall–Kier alpha value is -1.88. The number of hydrogen-bond donors (Lipinski definition) is 2. The molecule has 1 fully saturated rings. The molecular weight excluding hydrogens is 216 g/mol. The zero-order chi connectivity index (χ0) is 11.5. The van der Waals surface area contributed by atoms with Crippen LogP contribution >= 0.6 is 0 Å². The molecule has 1 aliphatic heterocycles. The summed E-state index contributed by atoms with van der Waals surface area (Å²) in [6.07, 6.45) is 2.51. The molecule has 88 valence electrons. The van der Waals surface area contributed by atoms with E-state index in [1.165, 1.54) is 12.8 Å². The molecule has 0 radical (unpaired) electrons. The zero-order valence-electron chi connectivity index (χ0n) is 9.39. The van der Waals surface area contributed by atoms with Crippen LogP contribution in [0.5, 0.6) is 0 Å². The lowest BCUT2D eigenvalue weighted by atomic mass is 10.2. The first-order chi connectivity index (χ1) is 8.42. The fourth-order valence-electron chi connectivity index (χ4n) is 2.02. The van der Waals surface area contributed by atoms with Gasteiger partial charge in [-0.2, -0.15) is 0 Å². The van der Waals surface area contributed by atoms with Gasteiger partial charge >= 0.3 is 0 Å². The van der Waals surface area contributed by atoms with Crippen LogP contribution in [0.2, 0.25) is 0 Å². The highest BCUT2D eigenvalue weighted by Crippen LogP contribution is 2.19. The van der Waals surface area contributed by atoms with Crippen molar-refractivity contribution < 1.29 is 4.42 Å². The number of hydrogen-bond acceptors (Lipinski definition) is 5. The Bertz CT molecular complexity index is 460. The minimum absolute atomic E-state index is 0.532. The number of nitrogens with zero attached hydrogens (tertiary/aromatic N) is 2. The van der Waals surface area contributed by atoms with Gasteiger partial charge in [0.05, 0.1) is 0 Å². The summed E-state index contributed by atoms with van der Waals surface area (Å²) >= 11 is 0. The number of nitrogens with one attached hydrogen (secondary N) is 2. The monoisotopic (exact) mass is 230 g/mol. The first-order valence-corrected chi connectivity index (χ1v) is 5.76. The molecule has 2 N–H and O–H groups in total. The molecular formula is C12H14N4O. The zero-order valence-corrected chi connectivity index (χ0v) is 9.39. The van der Waals surface area contributed by atoms with E-state index in [4.69, 9.17) is 4.42 Å². The van der Waals surface area contributed by atoms with E-state index in [-0.39, 0.29) is 0 Å². The summed E-state index contributed by atoms with van der Waals surface area (Å²) in [5, 5.41) is 14.4. The van der Waals surface area contributed by atoms with Crippen molar-refractivity contribution in [2.45, 2.75) is 12.5 Å². The summed E-state index contributed by atoms with van der Waals surface area (Å²) in [6.45, 7) is 2.13. The number of rotatable bonds is 3. The van der Waals surface area contributed by atoms with Crippen molar-refractivity contribution in [2.24, 2.45) is 0 Å². The predicted molar refractivity (Wildman–Crippen MR) is 64.6 cm³/mol. The van der Waals surface area contributed by atoms with Crippen molar-refractivity contribution in [3.8, 4) is 11.5 Å². The topological polar surface area (TPSA) is 63.0 Å². The SMILES string of the molecule is c1nnc(-c2ccc(NC3CCNC3)cc2)o1. The van der Waals surface area contributed by atoms with Crippen LogP contribution in [0.15, 0.2) is 35.1 Å². The molecule has 1 unspecified atom stereocenters. The van der Waals surface area contributed by atoms with Crippen LogP contribution in [-0.4, -0.2) is 29.3 Å². The Morgan fingerprint density at radius 3 is 2.82 bits per heavy atom. The van der Waals surface area contributed by atoms with Gasteiger partial charge in [0, 0.05) is 23.8 Å². The van der Waals surface area contributed by atoms with E-state index in [0.717, 1.165) is 24.3 Å². The molecule has 2 heterocycles. The van der Waals surface area contributed by atoms with Gasteiger partial charge < -0.3 is 15.1 Å². The third kappa shape index (κ3) is 2.29. The average molecular weight is 230 g/mol. The van der Waals surface area contributed by atoms with Gasteiger partial charge in [-0.25, -0.2) is 0 Å². The van der Waals surface area contributed by atoms with Gasteiger partial charge in [0.25, 0.3) is 0 Å². The van der Waals surface area contributed by atoms with E-state index in [2.05, 4.69) is 20.8 Å². The van der Waals surface area contributed by atoms with Crippen molar-refractivity contribution >= 4 is 5.69 Å². The van der Waals surface area contributed by atoms with Gasteiger partial charge in [-0.3, -0.25) is 0 Å². The molecule has 0 aliphatic carbocycles. The number of benzene rings is 1. The maximum Gasteiger partial charge on any atom is 0.247 e. The van der Waals surface area contributed by atoms with E-state index in [0.29, 0.717) is 11.9 Å². The second-order valence-electron chi connectivity index (χ2n) is 4.16. The molecule has 1 atom stereocenters. The van der Waals surface area contributed by atoms with Gasteiger partial charge in [-0.05, 0) is 37.2 Å². The van der Waals surface area contributed by atoms with Crippen molar-refractivity contribution in [1.29, 1.82) is 0 Å². The van der Waals surface area contributed by atoms with Crippen molar-refractivity contribution in [2.75, 3.05) is 18.4 Å². The molecule has 1 aromatic carbocycles. The van der Waals surface area contributed by atoms with E-state index in [1.807, 2.05) is 24.3 Å². The fraction of sp³-hybridized carbons (Fsp3) is 0.333. The molecule has 0 saturated carbocycles. The molecule has 3 rings (SSSR count). The maximum atomic E-state index is 5.14. The van der Waals surface area contributed by atoms with E-state index >= 15 is 0 Å².